The van der Waals surface area contributed by atoms with E-state index >= 15 is 0 Å². The smallest absolute Gasteiger partial charge is 0.308 e. The number of benzene rings is 1. The van der Waals surface area contributed by atoms with Crippen molar-refractivity contribution >= 4 is 52.6 Å². The number of nitrogens with one attached hydrogen (secondary N) is 1. The lowest BCUT2D eigenvalue weighted by Gasteiger charge is -2.19. The molecule has 0 spiro atoms. The average molecular weight is 427 g/mol. The molecule has 0 radical (unpaired) electrons. The number of carbonyl (C=O) groups is 4. The number of anilines is 1. The molecule has 2 aliphatic rings. The number of nitrogens with zero attached hydrogens (tertiary/aromatic N) is 1. The first-order chi connectivity index (χ1) is 13.3. The van der Waals surface area contributed by atoms with Crippen LogP contribution >= 0.6 is 23.2 Å². The van der Waals surface area contributed by atoms with Gasteiger partial charge in [0.1, 0.15) is 0 Å². The first-order valence-corrected chi connectivity index (χ1v) is 9.87. The summed E-state index contributed by atoms with van der Waals surface area (Å²) in [5, 5.41) is 3.24. The predicted octanol–water partition coefficient (Wildman–Crippen LogP) is 3.04. The van der Waals surface area contributed by atoms with Gasteiger partial charge in [-0.2, -0.15) is 0 Å². The average Bonchev–Trinajstić information content (AvgIpc) is 2.88. The Kier molecular flexibility index (Phi) is 6.57. The number of esters is 1. The number of hydrogen-bond donors (Lipinski definition) is 1. The highest BCUT2D eigenvalue weighted by Crippen LogP contribution is 2.37. The van der Waals surface area contributed by atoms with E-state index in [-0.39, 0.29) is 36.6 Å². The summed E-state index contributed by atoms with van der Waals surface area (Å²) in [5.74, 6) is -2.09. The van der Waals surface area contributed by atoms with Gasteiger partial charge in [0, 0.05) is 22.3 Å². The van der Waals surface area contributed by atoms with Crippen molar-refractivity contribution in [3.05, 3.63) is 28.2 Å². The van der Waals surface area contributed by atoms with Crippen LogP contribution in [0.4, 0.5) is 5.69 Å². The van der Waals surface area contributed by atoms with Crippen molar-refractivity contribution in [1.82, 2.24) is 4.90 Å². The number of amides is 3. The number of imide groups is 1. The minimum absolute atomic E-state index is 0.0188. The van der Waals surface area contributed by atoms with Crippen LogP contribution in [0.25, 0.3) is 0 Å². The van der Waals surface area contributed by atoms with Crippen LogP contribution in [0.1, 0.15) is 32.1 Å². The zero-order valence-electron chi connectivity index (χ0n) is 15.1. The lowest BCUT2D eigenvalue weighted by Crippen LogP contribution is -2.33. The van der Waals surface area contributed by atoms with Crippen molar-refractivity contribution in [2.45, 2.75) is 32.1 Å². The van der Waals surface area contributed by atoms with Gasteiger partial charge in [0.25, 0.3) is 5.91 Å². The van der Waals surface area contributed by atoms with Crippen LogP contribution in [0.2, 0.25) is 10.0 Å². The van der Waals surface area contributed by atoms with Crippen LogP contribution in [0.5, 0.6) is 0 Å². The van der Waals surface area contributed by atoms with Crippen molar-refractivity contribution in [2.24, 2.45) is 11.8 Å². The third kappa shape index (κ3) is 4.83. The standard InChI is InChI=1S/C19H20Cl2N2O5/c20-11-7-12(21)9-13(8-11)22-16(24)10-28-17(25)5-6-23-18(26)14-3-1-2-4-15(14)19(23)27/h7-9,14-15H,1-6,10H2,(H,22,24). The van der Waals surface area contributed by atoms with Crippen LogP contribution in [-0.4, -0.2) is 41.7 Å². The van der Waals surface area contributed by atoms with E-state index in [1.54, 1.807) is 0 Å². The minimum atomic E-state index is -0.658. The normalized spacial score (nSPS) is 21.4. The van der Waals surface area contributed by atoms with Gasteiger partial charge in [-0.15, -0.1) is 0 Å². The minimum Gasteiger partial charge on any atom is -0.456 e. The molecule has 28 heavy (non-hydrogen) atoms. The highest BCUT2D eigenvalue weighted by atomic mass is 35.5. The molecule has 0 aromatic heterocycles. The summed E-state index contributed by atoms with van der Waals surface area (Å²) < 4.78 is 4.92. The van der Waals surface area contributed by atoms with Gasteiger partial charge in [0.15, 0.2) is 6.61 Å². The maximum Gasteiger partial charge on any atom is 0.308 e. The van der Waals surface area contributed by atoms with Crippen molar-refractivity contribution < 1.29 is 23.9 Å². The SMILES string of the molecule is O=C(COC(=O)CCN1C(=O)C2CCCCC2C1=O)Nc1cc(Cl)cc(Cl)c1. The molecule has 1 aliphatic carbocycles. The molecule has 1 saturated heterocycles. The lowest BCUT2D eigenvalue weighted by molar-refractivity contribution is -0.148. The van der Waals surface area contributed by atoms with Gasteiger partial charge in [-0.3, -0.25) is 24.1 Å². The topological polar surface area (TPSA) is 92.8 Å². The zero-order valence-corrected chi connectivity index (χ0v) is 16.6. The van der Waals surface area contributed by atoms with Gasteiger partial charge >= 0.3 is 5.97 Å². The lowest BCUT2D eigenvalue weighted by atomic mass is 9.81. The highest BCUT2D eigenvalue weighted by molar-refractivity contribution is 6.35. The molecule has 1 saturated carbocycles. The molecule has 7 nitrogen and oxygen atoms in total. The molecule has 1 heterocycles. The maximum atomic E-state index is 12.4. The number of ether oxygens (including phenoxy) is 1. The largest absolute Gasteiger partial charge is 0.456 e. The first-order valence-electron chi connectivity index (χ1n) is 9.12. The van der Waals surface area contributed by atoms with E-state index in [9.17, 15) is 19.2 Å². The number of halogens is 2. The Balaban J connectivity index is 1.43. The van der Waals surface area contributed by atoms with Gasteiger partial charge < -0.3 is 10.1 Å². The van der Waals surface area contributed by atoms with E-state index < -0.39 is 18.5 Å². The summed E-state index contributed by atoms with van der Waals surface area (Å²) in [7, 11) is 0. The van der Waals surface area contributed by atoms with Crippen LogP contribution in [-0.2, 0) is 23.9 Å². The summed E-state index contributed by atoms with van der Waals surface area (Å²) in [6, 6.07) is 4.55. The Hall–Kier alpha value is -2.12. The number of rotatable bonds is 6. The van der Waals surface area contributed by atoms with E-state index in [1.807, 2.05) is 0 Å². The molecular weight excluding hydrogens is 407 g/mol. The van der Waals surface area contributed by atoms with Crippen molar-refractivity contribution in [2.75, 3.05) is 18.5 Å². The molecule has 2 atom stereocenters. The van der Waals surface area contributed by atoms with E-state index in [4.69, 9.17) is 27.9 Å². The van der Waals surface area contributed by atoms with Crippen molar-refractivity contribution in [3.8, 4) is 0 Å². The van der Waals surface area contributed by atoms with Gasteiger partial charge in [-0.1, -0.05) is 36.0 Å². The quantitative estimate of drug-likeness (QED) is 0.557. The molecule has 2 unspecified atom stereocenters. The summed E-state index contributed by atoms with van der Waals surface area (Å²) in [6.45, 7) is -0.509. The van der Waals surface area contributed by atoms with E-state index in [1.165, 1.54) is 18.2 Å². The number of fused-ring (bicyclic) bond motifs is 1. The molecule has 2 fully saturated rings. The molecular formula is C19H20Cl2N2O5. The molecule has 9 heteroatoms. The Bertz CT molecular complexity index is 769. The summed E-state index contributed by atoms with van der Waals surface area (Å²) in [6.07, 6.45) is 3.20. The molecule has 3 rings (SSSR count). The molecule has 1 aromatic rings. The molecule has 1 aromatic carbocycles. The number of hydrogen-bond acceptors (Lipinski definition) is 5. The zero-order chi connectivity index (χ0) is 20.3. The summed E-state index contributed by atoms with van der Waals surface area (Å²) in [4.78, 5) is 49.7. The van der Waals surface area contributed by atoms with Crippen molar-refractivity contribution in [1.29, 1.82) is 0 Å². The van der Waals surface area contributed by atoms with E-state index in [0.29, 0.717) is 15.7 Å². The Labute approximate surface area is 172 Å². The Morgan fingerprint density at radius 3 is 2.18 bits per heavy atom. The van der Waals surface area contributed by atoms with Gasteiger partial charge in [0.05, 0.1) is 18.3 Å². The van der Waals surface area contributed by atoms with Crippen LogP contribution in [0, 0.1) is 11.8 Å². The predicted molar refractivity (Wildman–Crippen MR) is 103 cm³/mol. The van der Waals surface area contributed by atoms with Gasteiger partial charge in [0.2, 0.25) is 11.8 Å². The van der Waals surface area contributed by atoms with E-state index in [0.717, 1.165) is 30.6 Å². The molecule has 1 aliphatic heterocycles. The van der Waals surface area contributed by atoms with Crippen LogP contribution in [0.15, 0.2) is 18.2 Å². The summed E-state index contributed by atoms with van der Waals surface area (Å²) >= 11 is 11.7. The van der Waals surface area contributed by atoms with Crippen LogP contribution < -0.4 is 5.32 Å². The summed E-state index contributed by atoms with van der Waals surface area (Å²) in [5.41, 5.74) is 0.384. The first kappa shape index (κ1) is 20.6. The fourth-order valence-corrected chi connectivity index (χ4v) is 4.22. The monoisotopic (exact) mass is 426 g/mol. The molecule has 1 N–H and O–H groups in total. The van der Waals surface area contributed by atoms with Crippen molar-refractivity contribution in [3.63, 3.8) is 0 Å². The fourth-order valence-electron chi connectivity index (χ4n) is 3.70. The van der Waals surface area contributed by atoms with E-state index in [2.05, 4.69) is 5.32 Å². The third-order valence-electron chi connectivity index (χ3n) is 4.98. The van der Waals surface area contributed by atoms with Gasteiger partial charge in [-0.05, 0) is 31.0 Å². The van der Waals surface area contributed by atoms with Gasteiger partial charge in [-0.25, -0.2) is 0 Å². The number of likely N-dealkylation sites (tertiary alicyclic amines) is 1. The fraction of sp³-hybridized carbons (Fsp3) is 0.474. The maximum absolute atomic E-state index is 12.4. The second-order valence-electron chi connectivity index (χ2n) is 6.94. The molecule has 0 bridgehead atoms. The molecule has 3 amide bonds. The molecule has 150 valence electrons. The van der Waals surface area contributed by atoms with Crippen LogP contribution in [0.3, 0.4) is 0 Å². The Morgan fingerprint density at radius 2 is 1.61 bits per heavy atom. The highest BCUT2D eigenvalue weighted by Gasteiger charge is 2.47. The number of carbonyl (C=O) groups excluding carboxylic acids is 4. The second kappa shape index (κ2) is 8.92. The Morgan fingerprint density at radius 1 is 1.04 bits per heavy atom. The third-order valence-corrected chi connectivity index (χ3v) is 5.42. The second-order valence-corrected chi connectivity index (χ2v) is 7.82.